The zero-order valence-corrected chi connectivity index (χ0v) is 12.9. The lowest BCUT2D eigenvalue weighted by Gasteiger charge is -2.32. The van der Waals surface area contributed by atoms with E-state index in [1.54, 1.807) is 48.2 Å². The van der Waals surface area contributed by atoms with Gasteiger partial charge in [0.1, 0.15) is 0 Å². The van der Waals surface area contributed by atoms with E-state index in [4.69, 9.17) is 5.26 Å². The van der Waals surface area contributed by atoms with Crippen molar-refractivity contribution in [3.63, 3.8) is 0 Å². The van der Waals surface area contributed by atoms with Gasteiger partial charge in [0.25, 0.3) is 0 Å². The molecule has 6 heteroatoms. The fourth-order valence-corrected chi connectivity index (χ4v) is 2.53. The molecule has 1 heterocycles. The van der Waals surface area contributed by atoms with Gasteiger partial charge in [-0.3, -0.25) is 4.79 Å². The van der Waals surface area contributed by atoms with E-state index in [1.807, 2.05) is 6.07 Å². The molecule has 1 aliphatic rings. The number of hydrogen-bond acceptors (Lipinski definition) is 3. The molecule has 0 unspecified atom stereocenters. The predicted octanol–water partition coefficient (Wildman–Crippen LogP) is 1.89. The van der Waals surface area contributed by atoms with E-state index in [0.717, 1.165) is 0 Å². The molecule has 3 amide bonds. The molecule has 1 fully saturated rings. The first-order valence-electron chi connectivity index (χ1n) is 7.28. The van der Waals surface area contributed by atoms with Crippen molar-refractivity contribution in [2.24, 2.45) is 5.92 Å². The van der Waals surface area contributed by atoms with Crippen LogP contribution in [-0.4, -0.2) is 48.9 Å². The summed E-state index contributed by atoms with van der Waals surface area (Å²) in [6.07, 6.45) is 1.38. The molecule has 2 rings (SSSR count). The van der Waals surface area contributed by atoms with Crippen LogP contribution in [0, 0.1) is 17.2 Å². The molecule has 0 atom stereocenters. The Hall–Kier alpha value is -2.55. The molecular formula is C16H20N4O2. The van der Waals surface area contributed by atoms with Gasteiger partial charge in [0, 0.05) is 38.8 Å². The van der Waals surface area contributed by atoms with Gasteiger partial charge in [0.15, 0.2) is 0 Å². The number of piperidine rings is 1. The lowest BCUT2D eigenvalue weighted by molar-refractivity contribution is -0.134. The number of urea groups is 1. The molecule has 0 aromatic heterocycles. The van der Waals surface area contributed by atoms with E-state index >= 15 is 0 Å². The molecule has 1 aromatic carbocycles. The number of carbonyl (C=O) groups is 2. The molecule has 1 aromatic rings. The monoisotopic (exact) mass is 300 g/mol. The number of likely N-dealkylation sites (tertiary alicyclic amines) is 1. The molecule has 0 spiro atoms. The topological polar surface area (TPSA) is 76.4 Å². The molecule has 22 heavy (non-hydrogen) atoms. The third kappa shape index (κ3) is 3.76. The Kier molecular flexibility index (Phi) is 4.99. The van der Waals surface area contributed by atoms with Crippen LogP contribution in [0.4, 0.5) is 10.5 Å². The molecular weight excluding hydrogens is 280 g/mol. The first kappa shape index (κ1) is 15.8. The highest BCUT2D eigenvalue weighted by molar-refractivity contribution is 5.89. The van der Waals surface area contributed by atoms with Gasteiger partial charge in [-0.05, 0) is 37.1 Å². The molecule has 1 N–H and O–H groups in total. The Morgan fingerprint density at radius 2 is 1.82 bits per heavy atom. The van der Waals surface area contributed by atoms with Crippen molar-refractivity contribution >= 4 is 17.6 Å². The summed E-state index contributed by atoms with van der Waals surface area (Å²) in [5.74, 6) is 0.140. The number of hydrogen-bond donors (Lipinski definition) is 1. The van der Waals surface area contributed by atoms with Crippen LogP contribution in [0.2, 0.25) is 0 Å². The normalized spacial score (nSPS) is 15.0. The van der Waals surface area contributed by atoms with Crippen LogP contribution in [0.3, 0.4) is 0 Å². The molecule has 6 nitrogen and oxygen atoms in total. The van der Waals surface area contributed by atoms with E-state index in [0.29, 0.717) is 37.2 Å². The van der Waals surface area contributed by atoms with Crippen molar-refractivity contribution in [2.45, 2.75) is 12.8 Å². The third-order valence-corrected chi connectivity index (χ3v) is 3.84. The van der Waals surface area contributed by atoms with E-state index in [9.17, 15) is 9.59 Å². The zero-order valence-electron chi connectivity index (χ0n) is 12.9. The van der Waals surface area contributed by atoms with Gasteiger partial charge in [-0.15, -0.1) is 0 Å². The molecule has 116 valence electrons. The quantitative estimate of drug-likeness (QED) is 0.906. The SMILES string of the molecule is CN(C)C(=O)C1CCN(C(=O)Nc2ccc(C#N)cc2)CC1. The van der Waals surface area contributed by atoms with E-state index in [2.05, 4.69) is 5.32 Å². The lowest BCUT2D eigenvalue weighted by atomic mass is 9.96. The fourth-order valence-electron chi connectivity index (χ4n) is 2.53. The van der Waals surface area contributed by atoms with Crippen molar-refractivity contribution in [2.75, 3.05) is 32.5 Å². The maximum atomic E-state index is 12.2. The van der Waals surface area contributed by atoms with Gasteiger partial charge < -0.3 is 15.1 Å². The molecule has 0 aliphatic carbocycles. The smallest absolute Gasteiger partial charge is 0.321 e. The number of rotatable bonds is 2. The van der Waals surface area contributed by atoms with Gasteiger partial charge in [0.05, 0.1) is 11.6 Å². The second kappa shape index (κ2) is 6.94. The van der Waals surface area contributed by atoms with E-state index in [-0.39, 0.29) is 17.9 Å². The van der Waals surface area contributed by atoms with Gasteiger partial charge in [-0.2, -0.15) is 5.26 Å². The Balaban J connectivity index is 1.87. The van der Waals surface area contributed by atoms with Gasteiger partial charge in [0.2, 0.25) is 5.91 Å². The fraction of sp³-hybridized carbons (Fsp3) is 0.438. The molecule has 1 saturated heterocycles. The highest BCUT2D eigenvalue weighted by Crippen LogP contribution is 2.20. The largest absolute Gasteiger partial charge is 0.349 e. The number of nitriles is 1. The van der Waals surface area contributed by atoms with Gasteiger partial charge in [-0.25, -0.2) is 4.79 Å². The van der Waals surface area contributed by atoms with Gasteiger partial charge >= 0.3 is 6.03 Å². The molecule has 0 saturated carbocycles. The number of anilines is 1. The number of carbonyl (C=O) groups excluding carboxylic acids is 2. The average Bonchev–Trinajstić information content (AvgIpc) is 2.55. The summed E-state index contributed by atoms with van der Waals surface area (Å²) in [5, 5.41) is 11.6. The van der Waals surface area contributed by atoms with Crippen molar-refractivity contribution in [3.05, 3.63) is 29.8 Å². The Bertz CT molecular complexity index is 581. The summed E-state index contributed by atoms with van der Waals surface area (Å²) < 4.78 is 0. The summed E-state index contributed by atoms with van der Waals surface area (Å²) in [5.41, 5.74) is 1.22. The predicted molar refractivity (Wildman–Crippen MR) is 83.2 cm³/mol. The summed E-state index contributed by atoms with van der Waals surface area (Å²) in [4.78, 5) is 27.4. The van der Waals surface area contributed by atoms with E-state index in [1.165, 1.54) is 0 Å². The zero-order chi connectivity index (χ0) is 16.1. The first-order chi connectivity index (χ1) is 10.5. The summed E-state index contributed by atoms with van der Waals surface area (Å²) in [7, 11) is 3.51. The maximum absolute atomic E-state index is 12.2. The summed E-state index contributed by atoms with van der Waals surface area (Å²) in [6.45, 7) is 1.15. The third-order valence-electron chi connectivity index (χ3n) is 3.84. The van der Waals surface area contributed by atoms with Crippen LogP contribution in [0.15, 0.2) is 24.3 Å². The maximum Gasteiger partial charge on any atom is 0.321 e. The van der Waals surface area contributed by atoms with Crippen LogP contribution in [0.1, 0.15) is 18.4 Å². The number of nitrogens with one attached hydrogen (secondary N) is 1. The van der Waals surface area contributed by atoms with Crippen molar-refractivity contribution in [3.8, 4) is 6.07 Å². The molecule has 0 radical (unpaired) electrons. The Morgan fingerprint density at radius 3 is 2.32 bits per heavy atom. The van der Waals surface area contributed by atoms with E-state index < -0.39 is 0 Å². The molecule has 1 aliphatic heterocycles. The number of amides is 3. The van der Waals surface area contributed by atoms with Crippen molar-refractivity contribution < 1.29 is 9.59 Å². The summed E-state index contributed by atoms with van der Waals surface area (Å²) in [6, 6.07) is 8.61. The van der Waals surface area contributed by atoms with Crippen LogP contribution in [0.25, 0.3) is 0 Å². The average molecular weight is 300 g/mol. The Morgan fingerprint density at radius 1 is 1.23 bits per heavy atom. The van der Waals surface area contributed by atoms with Crippen LogP contribution in [0.5, 0.6) is 0 Å². The van der Waals surface area contributed by atoms with Crippen LogP contribution >= 0.6 is 0 Å². The Labute approximate surface area is 130 Å². The van der Waals surface area contributed by atoms with Crippen molar-refractivity contribution in [1.29, 1.82) is 5.26 Å². The number of nitrogens with zero attached hydrogens (tertiary/aromatic N) is 3. The second-order valence-electron chi connectivity index (χ2n) is 5.61. The van der Waals surface area contributed by atoms with Crippen molar-refractivity contribution in [1.82, 2.24) is 9.80 Å². The highest BCUT2D eigenvalue weighted by Gasteiger charge is 2.28. The second-order valence-corrected chi connectivity index (χ2v) is 5.61. The minimum atomic E-state index is -0.166. The minimum Gasteiger partial charge on any atom is -0.349 e. The van der Waals surface area contributed by atoms with Crippen LogP contribution < -0.4 is 5.32 Å². The first-order valence-corrected chi connectivity index (χ1v) is 7.28. The number of benzene rings is 1. The van der Waals surface area contributed by atoms with Crippen LogP contribution in [-0.2, 0) is 4.79 Å². The van der Waals surface area contributed by atoms with Gasteiger partial charge in [-0.1, -0.05) is 0 Å². The lowest BCUT2D eigenvalue weighted by Crippen LogP contribution is -2.44. The molecule has 0 bridgehead atoms. The summed E-state index contributed by atoms with van der Waals surface area (Å²) >= 11 is 0. The minimum absolute atomic E-state index is 0.00830. The standard InChI is InChI=1S/C16H20N4O2/c1-19(2)15(21)13-7-9-20(10-8-13)16(22)18-14-5-3-12(11-17)4-6-14/h3-6,13H,7-10H2,1-2H3,(H,18,22). The highest BCUT2D eigenvalue weighted by atomic mass is 16.2.